The lowest BCUT2D eigenvalue weighted by Gasteiger charge is -2.18. The van der Waals surface area contributed by atoms with Crippen molar-refractivity contribution in [3.8, 4) is 0 Å². The van der Waals surface area contributed by atoms with Gasteiger partial charge in [0.1, 0.15) is 6.10 Å². The van der Waals surface area contributed by atoms with Gasteiger partial charge in [-0.25, -0.2) is 0 Å². The van der Waals surface area contributed by atoms with Gasteiger partial charge in [0, 0.05) is 18.9 Å². The van der Waals surface area contributed by atoms with Crippen molar-refractivity contribution in [1.29, 1.82) is 0 Å². The molecular formula is C14H19NO2. The van der Waals surface area contributed by atoms with E-state index in [1.54, 1.807) is 0 Å². The molecule has 1 aliphatic rings. The summed E-state index contributed by atoms with van der Waals surface area (Å²) in [7, 11) is 0. The van der Waals surface area contributed by atoms with Crippen LogP contribution in [0.1, 0.15) is 31.7 Å². The molecule has 0 saturated carbocycles. The SMILES string of the molecule is CCC[C@@H](CO)[C@H]1CC(c2ccccc2)=NO1. The Morgan fingerprint density at radius 3 is 2.82 bits per heavy atom. The van der Waals surface area contributed by atoms with Crippen LogP contribution in [0.5, 0.6) is 0 Å². The van der Waals surface area contributed by atoms with Gasteiger partial charge in [-0.1, -0.05) is 48.8 Å². The molecule has 0 unspecified atom stereocenters. The Kier molecular flexibility index (Phi) is 4.15. The van der Waals surface area contributed by atoms with Gasteiger partial charge in [-0.15, -0.1) is 0 Å². The summed E-state index contributed by atoms with van der Waals surface area (Å²) in [6.45, 7) is 2.30. The molecule has 2 atom stereocenters. The summed E-state index contributed by atoms with van der Waals surface area (Å²) in [5.41, 5.74) is 2.10. The molecule has 3 heteroatoms. The molecule has 0 saturated heterocycles. The molecule has 0 spiro atoms. The van der Waals surface area contributed by atoms with Crippen molar-refractivity contribution in [3.63, 3.8) is 0 Å². The summed E-state index contributed by atoms with van der Waals surface area (Å²) < 4.78 is 0. The molecule has 0 amide bonds. The molecule has 3 nitrogen and oxygen atoms in total. The minimum atomic E-state index is 0.0372. The maximum absolute atomic E-state index is 9.34. The smallest absolute Gasteiger partial charge is 0.138 e. The summed E-state index contributed by atoms with van der Waals surface area (Å²) in [6, 6.07) is 10.1. The minimum Gasteiger partial charge on any atom is -0.396 e. The summed E-state index contributed by atoms with van der Waals surface area (Å²) in [6.07, 6.45) is 2.88. The molecule has 17 heavy (non-hydrogen) atoms. The Hall–Kier alpha value is -1.35. The van der Waals surface area contributed by atoms with Gasteiger partial charge in [0.2, 0.25) is 0 Å². The molecule has 1 N–H and O–H groups in total. The number of oxime groups is 1. The van der Waals surface area contributed by atoms with Crippen LogP contribution in [0.2, 0.25) is 0 Å². The first kappa shape index (κ1) is 12.1. The van der Waals surface area contributed by atoms with E-state index in [0.29, 0.717) is 0 Å². The topological polar surface area (TPSA) is 41.8 Å². The minimum absolute atomic E-state index is 0.0372. The molecule has 92 valence electrons. The van der Waals surface area contributed by atoms with Gasteiger partial charge in [-0.3, -0.25) is 0 Å². The van der Waals surface area contributed by atoms with E-state index >= 15 is 0 Å². The number of benzene rings is 1. The second kappa shape index (κ2) is 5.82. The van der Waals surface area contributed by atoms with Crippen LogP contribution >= 0.6 is 0 Å². The molecule has 0 bridgehead atoms. The third kappa shape index (κ3) is 2.86. The first-order valence-electron chi connectivity index (χ1n) is 6.24. The summed E-state index contributed by atoms with van der Waals surface area (Å²) >= 11 is 0. The van der Waals surface area contributed by atoms with E-state index in [1.165, 1.54) is 0 Å². The van der Waals surface area contributed by atoms with Crippen LogP contribution in [0, 0.1) is 5.92 Å². The Balaban J connectivity index is 1.99. The molecular weight excluding hydrogens is 214 g/mol. The Morgan fingerprint density at radius 2 is 2.18 bits per heavy atom. The molecule has 1 heterocycles. The van der Waals surface area contributed by atoms with E-state index in [-0.39, 0.29) is 18.6 Å². The van der Waals surface area contributed by atoms with Crippen LogP contribution in [0.3, 0.4) is 0 Å². The number of aliphatic hydroxyl groups is 1. The van der Waals surface area contributed by atoms with E-state index in [9.17, 15) is 5.11 Å². The first-order valence-corrected chi connectivity index (χ1v) is 6.24. The van der Waals surface area contributed by atoms with Crippen molar-refractivity contribution >= 4 is 5.71 Å². The van der Waals surface area contributed by atoms with Crippen molar-refractivity contribution in [2.45, 2.75) is 32.3 Å². The van der Waals surface area contributed by atoms with Crippen LogP contribution in [0.15, 0.2) is 35.5 Å². The summed E-state index contributed by atoms with van der Waals surface area (Å²) in [4.78, 5) is 5.45. The van der Waals surface area contributed by atoms with Gasteiger partial charge in [0.05, 0.1) is 5.71 Å². The van der Waals surface area contributed by atoms with Crippen LogP contribution in [-0.2, 0) is 4.84 Å². The fourth-order valence-corrected chi connectivity index (χ4v) is 2.22. The highest BCUT2D eigenvalue weighted by molar-refractivity contribution is 6.01. The predicted octanol–water partition coefficient (Wildman–Crippen LogP) is 2.59. The lowest BCUT2D eigenvalue weighted by Crippen LogP contribution is -2.24. The van der Waals surface area contributed by atoms with Crippen molar-refractivity contribution in [2.24, 2.45) is 11.1 Å². The maximum atomic E-state index is 9.34. The van der Waals surface area contributed by atoms with Gasteiger partial charge in [-0.2, -0.15) is 0 Å². The average Bonchev–Trinajstić information content (AvgIpc) is 2.86. The number of hydrogen-bond donors (Lipinski definition) is 1. The molecule has 0 aromatic heterocycles. The fraction of sp³-hybridized carbons (Fsp3) is 0.500. The second-order valence-corrected chi connectivity index (χ2v) is 4.48. The van der Waals surface area contributed by atoms with Crippen molar-refractivity contribution in [2.75, 3.05) is 6.61 Å². The van der Waals surface area contributed by atoms with E-state index < -0.39 is 0 Å². The molecule has 1 aliphatic heterocycles. The molecule has 0 aliphatic carbocycles. The highest BCUT2D eigenvalue weighted by Gasteiger charge is 2.29. The van der Waals surface area contributed by atoms with Gasteiger partial charge in [-0.05, 0) is 12.0 Å². The zero-order valence-corrected chi connectivity index (χ0v) is 10.2. The quantitative estimate of drug-likeness (QED) is 0.849. The standard InChI is InChI=1S/C14H19NO2/c1-2-6-12(10-16)14-9-13(15-17-14)11-7-4-3-5-8-11/h3-5,7-8,12,14,16H,2,6,9-10H2,1H3/t12-,14+/m0/s1. The summed E-state index contributed by atoms with van der Waals surface area (Å²) in [5.74, 6) is 0.199. The largest absolute Gasteiger partial charge is 0.396 e. The highest BCUT2D eigenvalue weighted by atomic mass is 16.6. The van der Waals surface area contributed by atoms with Gasteiger partial charge >= 0.3 is 0 Å². The lowest BCUT2D eigenvalue weighted by molar-refractivity contribution is 0.0143. The third-order valence-electron chi connectivity index (χ3n) is 3.22. The maximum Gasteiger partial charge on any atom is 0.138 e. The Morgan fingerprint density at radius 1 is 1.41 bits per heavy atom. The van der Waals surface area contributed by atoms with E-state index in [0.717, 1.165) is 30.5 Å². The molecule has 2 rings (SSSR count). The molecule has 1 aromatic rings. The third-order valence-corrected chi connectivity index (χ3v) is 3.22. The average molecular weight is 233 g/mol. The number of aliphatic hydroxyl groups excluding tert-OH is 1. The van der Waals surface area contributed by atoms with Crippen molar-refractivity contribution in [1.82, 2.24) is 0 Å². The van der Waals surface area contributed by atoms with Crippen LogP contribution in [0.4, 0.5) is 0 Å². The van der Waals surface area contributed by atoms with E-state index in [1.807, 2.05) is 30.3 Å². The van der Waals surface area contributed by atoms with Gasteiger partial charge < -0.3 is 9.94 Å². The summed E-state index contributed by atoms with van der Waals surface area (Å²) in [5, 5.41) is 13.5. The fourth-order valence-electron chi connectivity index (χ4n) is 2.22. The zero-order chi connectivity index (χ0) is 12.1. The first-order chi connectivity index (χ1) is 8.35. The Labute approximate surface area is 102 Å². The predicted molar refractivity (Wildman–Crippen MR) is 68.0 cm³/mol. The van der Waals surface area contributed by atoms with Crippen molar-refractivity contribution < 1.29 is 9.94 Å². The zero-order valence-electron chi connectivity index (χ0n) is 10.2. The molecule has 1 aromatic carbocycles. The number of rotatable bonds is 5. The van der Waals surface area contributed by atoms with Crippen LogP contribution in [0.25, 0.3) is 0 Å². The molecule has 0 radical (unpaired) electrons. The van der Waals surface area contributed by atoms with E-state index in [2.05, 4.69) is 12.1 Å². The Bertz CT molecular complexity index is 375. The molecule has 0 fully saturated rings. The van der Waals surface area contributed by atoms with E-state index in [4.69, 9.17) is 4.84 Å². The highest BCUT2D eigenvalue weighted by Crippen LogP contribution is 2.24. The lowest BCUT2D eigenvalue weighted by atomic mass is 9.93. The van der Waals surface area contributed by atoms with Crippen molar-refractivity contribution in [3.05, 3.63) is 35.9 Å². The second-order valence-electron chi connectivity index (χ2n) is 4.48. The van der Waals surface area contributed by atoms with Crippen LogP contribution in [-0.4, -0.2) is 23.5 Å². The van der Waals surface area contributed by atoms with Crippen LogP contribution < -0.4 is 0 Å². The monoisotopic (exact) mass is 233 g/mol. The van der Waals surface area contributed by atoms with Gasteiger partial charge in [0.15, 0.2) is 0 Å². The number of hydrogen-bond acceptors (Lipinski definition) is 3. The number of nitrogens with zero attached hydrogens (tertiary/aromatic N) is 1. The normalized spacial score (nSPS) is 20.8. The van der Waals surface area contributed by atoms with Gasteiger partial charge in [0.25, 0.3) is 0 Å².